The first-order valence-electron chi connectivity index (χ1n) is 10.6. The molecular formula is C22H29FN4O3. The van der Waals surface area contributed by atoms with E-state index in [0.29, 0.717) is 18.8 Å². The number of halogens is 1. The van der Waals surface area contributed by atoms with E-state index in [0.717, 1.165) is 70.5 Å². The molecule has 1 aromatic heterocycles. The predicted molar refractivity (Wildman–Crippen MR) is 112 cm³/mol. The number of nitrogens with zero attached hydrogens (tertiary/aromatic N) is 3. The first-order chi connectivity index (χ1) is 14.7. The maximum atomic E-state index is 13.1. The molecule has 2 aromatic rings. The lowest BCUT2D eigenvalue weighted by Gasteiger charge is -2.35. The fourth-order valence-corrected chi connectivity index (χ4v) is 3.86. The molecule has 162 valence electrons. The number of nitrogens with one attached hydrogen (secondary N) is 1. The van der Waals surface area contributed by atoms with Crippen molar-refractivity contribution >= 4 is 11.6 Å². The topological polar surface area (TPSA) is 61.2 Å². The van der Waals surface area contributed by atoms with Gasteiger partial charge in [-0.2, -0.15) is 0 Å². The quantitative estimate of drug-likeness (QED) is 0.743. The molecule has 8 heteroatoms. The summed E-state index contributed by atoms with van der Waals surface area (Å²) in [5, 5.41) is 2.93. The number of piperazine rings is 1. The summed E-state index contributed by atoms with van der Waals surface area (Å²) in [6, 6.07) is 10.3. The molecule has 0 unspecified atom stereocenters. The molecule has 1 amide bonds. The molecule has 2 aliphatic rings. The standard InChI is InChI=1S/C22H29FN4O3/c23-18-1-3-19(4-2-18)27-11-9-26(10-12-27)17-20-5-6-21(30-20)22(28)24-7-8-25-13-15-29-16-14-25/h1-6H,7-17H2,(H,24,28). The van der Waals surface area contributed by atoms with E-state index in [4.69, 9.17) is 9.15 Å². The van der Waals surface area contributed by atoms with Crippen molar-refractivity contribution in [3.63, 3.8) is 0 Å². The van der Waals surface area contributed by atoms with Crippen LogP contribution in [-0.4, -0.2) is 81.3 Å². The van der Waals surface area contributed by atoms with Crippen LogP contribution in [0.2, 0.25) is 0 Å². The van der Waals surface area contributed by atoms with Gasteiger partial charge in [-0.3, -0.25) is 14.6 Å². The minimum Gasteiger partial charge on any atom is -0.455 e. The molecule has 4 rings (SSSR count). The van der Waals surface area contributed by atoms with Gasteiger partial charge in [0.1, 0.15) is 11.6 Å². The van der Waals surface area contributed by atoms with Gasteiger partial charge in [0.2, 0.25) is 0 Å². The van der Waals surface area contributed by atoms with Gasteiger partial charge in [0.05, 0.1) is 19.8 Å². The highest BCUT2D eigenvalue weighted by Gasteiger charge is 2.19. The molecule has 30 heavy (non-hydrogen) atoms. The number of morpholine rings is 1. The van der Waals surface area contributed by atoms with Crippen molar-refractivity contribution in [1.29, 1.82) is 0 Å². The van der Waals surface area contributed by atoms with E-state index in [1.165, 1.54) is 12.1 Å². The molecular weight excluding hydrogens is 387 g/mol. The van der Waals surface area contributed by atoms with Crippen molar-refractivity contribution in [2.45, 2.75) is 6.54 Å². The van der Waals surface area contributed by atoms with Gasteiger partial charge < -0.3 is 19.4 Å². The summed E-state index contributed by atoms with van der Waals surface area (Å²) < 4.78 is 24.2. The number of carbonyl (C=O) groups excluding carboxylic acids is 1. The van der Waals surface area contributed by atoms with Gasteiger partial charge in [-0.1, -0.05) is 0 Å². The minimum atomic E-state index is -0.212. The van der Waals surface area contributed by atoms with E-state index in [1.807, 2.05) is 18.2 Å². The molecule has 0 saturated carbocycles. The predicted octanol–water partition coefficient (Wildman–Crippen LogP) is 1.80. The lowest BCUT2D eigenvalue weighted by molar-refractivity contribution is 0.0382. The second-order valence-corrected chi connectivity index (χ2v) is 7.72. The summed E-state index contributed by atoms with van der Waals surface area (Å²) in [4.78, 5) is 19.2. The highest BCUT2D eigenvalue weighted by Crippen LogP contribution is 2.18. The third-order valence-electron chi connectivity index (χ3n) is 5.65. The smallest absolute Gasteiger partial charge is 0.287 e. The van der Waals surface area contributed by atoms with Crippen LogP contribution < -0.4 is 10.2 Å². The fraction of sp³-hybridized carbons (Fsp3) is 0.500. The lowest BCUT2D eigenvalue weighted by Crippen LogP contribution is -2.45. The third-order valence-corrected chi connectivity index (χ3v) is 5.65. The maximum Gasteiger partial charge on any atom is 0.287 e. The lowest BCUT2D eigenvalue weighted by atomic mass is 10.2. The maximum absolute atomic E-state index is 13.1. The average Bonchev–Trinajstić information content (AvgIpc) is 3.24. The molecule has 2 saturated heterocycles. The minimum absolute atomic E-state index is 0.171. The first kappa shape index (κ1) is 20.8. The SMILES string of the molecule is O=C(NCCN1CCOCC1)c1ccc(CN2CCN(c3ccc(F)cc3)CC2)o1. The molecule has 1 N–H and O–H groups in total. The highest BCUT2D eigenvalue weighted by molar-refractivity contribution is 5.91. The number of hydrogen-bond donors (Lipinski definition) is 1. The fourth-order valence-electron chi connectivity index (χ4n) is 3.86. The average molecular weight is 416 g/mol. The number of anilines is 1. The third kappa shape index (κ3) is 5.59. The molecule has 0 radical (unpaired) electrons. The highest BCUT2D eigenvalue weighted by atomic mass is 19.1. The second-order valence-electron chi connectivity index (χ2n) is 7.72. The van der Waals surface area contributed by atoms with E-state index in [-0.39, 0.29) is 11.7 Å². The molecule has 7 nitrogen and oxygen atoms in total. The normalized spacial score (nSPS) is 18.5. The molecule has 0 bridgehead atoms. The zero-order valence-electron chi connectivity index (χ0n) is 17.2. The summed E-state index contributed by atoms with van der Waals surface area (Å²) in [6.07, 6.45) is 0. The van der Waals surface area contributed by atoms with Crippen LogP contribution in [0.1, 0.15) is 16.3 Å². The number of ether oxygens (including phenoxy) is 1. The first-order valence-corrected chi connectivity index (χ1v) is 10.6. The van der Waals surface area contributed by atoms with Gasteiger partial charge in [0.15, 0.2) is 5.76 Å². The van der Waals surface area contributed by atoms with Gasteiger partial charge in [-0.15, -0.1) is 0 Å². The zero-order valence-corrected chi connectivity index (χ0v) is 17.2. The van der Waals surface area contributed by atoms with Crippen LogP contribution in [0.15, 0.2) is 40.8 Å². The van der Waals surface area contributed by atoms with Crippen LogP contribution in [-0.2, 0) is 11.3 Å². The molecule has 2 fully saturated rings. The summed E-state index contributed by atoms with van der Waals surface area (Å²) in [5.74, 6) is 0.771. The second kappa shape index (κ2) is 10.1. The Morgan fingerprint density at radius 3 is 2.40 bits per heavy atom. The van der Waals surface area contributed by atoms with E-state index in [9.17, 15) is 9.18 Å². The molecule has 3 heterocycles. The number of rotatable bonds is 7. The Balaban J connectivity index is 1.20. The zero-order chi connectivity index (χ0) is 20.8. The summed E-state index contributed by atoms with van der Waals surface area (Å²) in [5.41, 5.74) is 1.05. The number of amides is 1. The van der Waals surface area contributed by atoms with Crippen LogP contribution in [0.4, 0.5) is 10.1 Å². The Hall–Kier alpha value is -2.42. The Kier molecular flexibility index (Phi) is 6.99. The number of carbonyl (C=O) groups is 1. The summed E-state index contributed by atoms with van der Waals surface area (Å²) in [6.45, 7) is 8.96. The van der Waals surface area contributed by atoms with Crippen LogP contribution >= 0.6 is 0 Å². The number of furan rings is 1. The van der Waals surface area contributed by atoms with Crippen molar-refractivity contribution in [3.8, 4) is 0 Å². The number of hydrogen-bond acceptors (Lipinski definition) is 6. The van der Waals surface area contributed by atoms with Crippen LogP contribution in [0.5, 0.6) is 0 Å². The monoisotopic (exact) mass is 416 g/mol. The molecule has 1 aromatic carbocycles. The van der Waals surface area contributed by atoms with Crippen LogP contribution in [0, 0.1) is 5.82 Å². The van der Waals surface area contributed by atoms with Gasteiger partial charge in [0.25, 0.3) is 5.91 Å². The summed E-state index contributed by atoms with van der Waals surface area (Å²) in [7, 11) is 0. The molecule has 2 aliphatic heterocycles. The van der Waals surface area contributed by atoms with Gasteiger partial charge >= 0.3 is 0 Å². The summed E-state index contributed by atoms with van der Waals surface area (Å²) >= 11 is 0. The van der Waals surface area contributed by atoms with Crippen molar-refractivity contribution in [2.75, 3.05) is 70.5 Å². The van der Waals surface area contributed by atoms with E-state index >= 15 is 0 Å². The molecule has 0 atom stereocenters. The van der Waals surface area contributed by atoms with E-state index in [1.54, 1.807) is 6.07 Å². The van der Waals surface area contributed by atoms with E-state index in [2.05, 4.69) is 20.0 Å². The Morgan fingerprint density at radius 2 is 1.67 bits per heavy atom. The van der Waals surface area contributed by atoms with E-state index < -0.39 is 0 Å². The largest absolute Gasteiger partial charge is 0.455 e. The van der Waals surface area contributed by atoms with Crippen molar-refractivity contribution in [1.82, 2.24) is 15.1 Å². The Morgan fingerprint density at radius 1 is 0.933 bits per heavy atom. The van der Waals surface area contributed by atoms with Crippen LogP contribution in [0.3, 0.4) is 0 Å². The number of benzene rings is 1. The van der Waals surface area contributed by atoms with Gasteiger partial charge in [-0.25, -0.2) is 4.39 Å². The van der Waals surface area contributed by atoms with Crippen molar-refractivity contribution in [3.05, 3.63) is 53.7 Å². The van der Waals surface area contributed by atoms with Gasteiger partial charge in [-0.05, 0) is 36.4 Å². The van der Waals surface area contributed by atoms with Crippen LogP contribution in [0.25, 0.3) is 0 Å². The Labute approximate surface area is 176 Å². The van der Waals surface area contributed by atoms with Crippen molar-refractivity contribution < 1.29 is 18.3 Å². The van der Waals surface area contributed by atoms with Crippen molar-refractivity contribution in [2.24, 2.45) is 0 Å². The van der Waals surface area contributed by atoms with Gasteiger partial charge in [0, 0.05) is 58.0 Å². The Bertz CT molecular complexity index is 812. The molecule has 0 spiro atoms. The molecule has 0 aliphatic carbocycles.